The summed E-state index contributed by atoms with van der Waals surface area (Å²) in [5.41, 5.74) is 1.83. The lowest BCUT2D eigenvalue weighted by molar-refractivity contribution is -0.135. The smallest absolute Gasteiger partial charge is 0.256 e. The van der Waals surface area contributed by atoms with Crippen molar-refractivity contribution in [3.63, 3.8) is 0 Å². The minimum absolute atomic E-state index is 0.000689. The molecule has 2 aromatic rings. The van der Waals surface area contributed by atoms with Crippen molar-refractivity contribution in [2.75, 3.05) is 42.5 Å². The van der Waals surface area contributed by atoms with Gasteiger partial charge >= 0.3 is 0 Å². The van der Waals surface area contributed by atoms with Gasteiger partial charge < -0.3 is 24.9 Å². The molecule has 214 valence electrons. The zero-order chi connectivity index (χ0) is 28.0. The minimum Gasteiger partial charge on any atom is -0.350 e. The number of amides is 2. The Morgan fingerprint density at radius 2 is 1.90 bits per heavy atom. The molecular weight excluding hydrogens is 509 g/mol. The first-order valence-electron chi connectivity index (χ1n) is 14.8. The van der Waals surface area contributed by atoms with Gasteiger partial charge in [0, 0.05) is 50.8 Å². The largest absolute Gasteiger partial charge is 0.350 e. The number of carbonyl (C=O) groups excluding carboxylic acids is 2. The highest BCUT2D eigenvalue weighted by Crippen LogP contribution is 2.40. The highest BCUT2D eigenvalue weighted by molar-refractivity contribution is 6.01. The minimum atomic E-state index is -0.433. The molecule has 3 atom stereocenters. The van der Waals surface area contributed by atoms with Gasteiger partial charge in [-0.25, -0.2) is 14.4 Å². The Balaban J connectivity index is 1.21. The zero-order valence-corrected chi connectivity index (χ0v) is 23.7. The van der Waals surface area contributed by atoms with E-state index in [-0.39, 0.29) is 29.9 Å². The third-order valence-corrected chi connectivity index (χ3v) is 9.35. The number of anilines is 3. The van der Waals surface area contributed by atoms with Gasteiger partial charge in [-0.05, 0) is 77.0 Å². The molecule has 2 saturated heterocycles. The van der Waals surface area contributed by atoms with Gasteiger partial charge in [-0.1, -0.05) is 0 Å². The predicted molar refractivity (Wildman–Crippen MR) is 152 cm³/mol. The van der Waals surface area contributed by atoms with E-state index in [0.717, 1.165) is 43.9 Å². The number of aromatic nitrogens is 2. The maximum atomic E-state index is 14.4. The molecule has 0 radical (unpaired) electrons. The Hall–Kier alpha value is -3.27. The van der Waals surface area contributed by atoms with Crippen molar-refractivity contribution >= 4 is 29.0 Å². The lowest BCUT2D eigenvalue weighted by Crippen LogP contribution is -2.55. The number of nitrogens with one attached hydrogen (secondary N) is 1. The van der Waals surface area contributed by atoms with Gasteiger partial charge in [0.25, 0.3) is 5.91 Å². The monoisotopic (exact) mass is 549 g/mol. The Morgan fingerprint density at radius 1 is 1.10 bits per heavy atom. The molecular formula is C30H40FN7O2. The number of nitrogens with zero attached hydrogens (tertiary/aromatic N) is 6. The van der Waals surface area contributed by atoms with E-state index in [1.54, 1.807) is 23.5 Å². The molecule has 1 aromatic carbocycles. The molecule has 0 spiro atoms. The Labute approximate surface area is 235 Å². The molecule has 1 N–H and O–H groups in total. The van der Waals surface area contributed by atoms with E-state index in [9.17, 15) is 14.0 Å². The van der Waals surface area contributed by atoms with Crippen LogP contribution in [-0.2, 0) is 4.79 Å². The van der Waals surface area contributed by atoms with Crippen molar-refractivity contribution in [2.24, 2.45) is 5.92 Å². The molecule has 3 unspecified atom stereocenters. The molecule has 2 amide bonds. The molecule has 3 aliphatic heterocycles. The highest BCUT2D eigenvalue weighted by Gasteiger charge is 2.45. The van der Waals surface area contributed by atoms with Crippen molar-refractivity contribution in [1.29, 1.82) is 0 Å². The van der Waals surface area contributed by atoms with E-state index in [4.69, 9.17) is 0 Å². The van der Waals surface area contributed by atoms with Crippen molar-refractivity contribution in [3.05, 3.63) is 42.1 Å². The first kappa shape index (κ1) is 26.9. The third kappa shape index (κ3) is 4.80. The standard InChI is InChI=1S/C30H40FN7O2/c1-4-36(19(2)3)29(39)24-16-21(31)6-8-25(24)38-14-13-37(28-26(38)17-32-18-33-28)23-9-11-35(12-10-23)30(40)27-20-5-7-22(15-20)34-27/h6,8,16-20,22-23,27,34H,4-5,7,9-15H2,1-3H3. The van der Waals surface area contributed by atoms with Crippen LogP contribution < -0.4 is 15.1 Å². The molecule has 40 heavy (non-hydrogen) atoms. The summed E-state index contributed by atoms with van der Waals surface area (Å²) >= 11 is 0. The zero-order valence-electron chi connectivity index (χ0n) is 23.7. The topological polar surface area (TPSA) is 84.9 Å². The summed E-state index contributed by atoms with van der Waals surface area (Å²) in [5.74, 6) is 0.973. The average Bonchev–Trinajstić information content (AvgIpc) is 3.61. The molecule has 2 bridgehead atoms. The summed E-state index contributed by atoms with van der Waals surface area (Å²) in [6, 6.07) is 5.23. The van der Waals surface area contributed by atoms with Gasteiger partial charge in [0.2, 0.25) is 5.91 Å². The summed E-state index contributed by atoms with van der Waals surface area (Å²) in [5, 5.41) is 3.55. The normalized spacial score (nSPS) is 24.5. The second-order valence-corrected chi connectivity index (χ2v) is 11.9. The quantitative estimate of drug-likeness (QED) is 0.590. The van der Waals surface area contributed by atoms with Gasteiger partial charge in [-0.15, -0.1) is 0 Å². The maximum Gasteiger partial charge on any atom is 0.256 e. The number of benzene rings is 1. The van der Waals surface area contributed by atoms with Crippen molar-refractivity contribution in [2.45, 2.75) is 77.0 Å². The Kier molecular flexibility index (Phi) is 7.37. The molecule has 10 heteroatoms. The van der Waals surface area contributed by atoms with E-state index in [1.165, 1.54) is 25.0 Å². The summed E-state index contributed by atoms with van der Waals surface area (Å²) in [6.45, 7) is 9.24. The van der Waals surface area contributed by atoms with Crippen LogP contribution in [0.5, 0.6) is 0 Å². The van der Waals surface area contributed by atoms with Crippen LogP contribution in [0, 0.1) is 11.7 Å². The van der Waals surface area contributed by atoms with Gasteiger partial charge in [0.05, 0.1) is 23.5 Å². The Bertz CT molecular complexity index is 1260. The molecule has 3 fully saturated rings. The predicted octanol–water partition coefficient (Wildman–Crippen LogP) is 3.58. The van der Waals surface area contributed by atoms with Crippen molar-refractivity contribution < 1.29 is 14.0 Å². The van der Waals surface area contributed by atoms with Crippen LogP contribution >= 0.6 is 0 Å². The summed E-state index contributed by atoms with van der Waals surface area (Å²) in [7, 11) is 0. The summed E-state index contributed by atoms with van der Waals surface area (Å²) in [6.07, 6.45) is 8.62. The number of hydrogen-bond donors (Lipinski definition) is 1. The number of rotatable bonds is 6. The van der Waals surface area contributed by atoms with Gasteiger partial charge in [0.1, 0.15) is 17.8 Å². The van der Waals surface area contributed by atoms with Crippen molar-refractivity contribution in [3.8, 4) is 0 Å². The number of likely N-dealkylation sites (tertiary alicyclic amines) is 1. The Morgan fingerprint density at radius 3 is 2.58 bits per heavy atom. The molecule has 1 aliphatic carbocycles. The molecule has 4 aliphatic rings. The van der Waals surface area contributed by atoms with Crippen LogP contribution in [-0.4, -0.2) is 88.5 Å². The lowest BCUT2D eigenvalue weighted by Gasteiger charge is -2.45. The van der Waals surface area contributed by atoms with E-state index >= 15 is 0 Å². The van der Waals surface area contributed by atoms with Crippen LogP contribution in [0.15, 0.2) is 30.7 Å². The third-order valence-electron chi connectivity index (χ3n) is 9.35. The van der Waals surface area contributed by atoms with Gasteiger partial charge in [-0.2, -0.15) is 0 Å². The number of halogens is 1. The van der Waals surface area contributed by atoms with Crippen molar-refractivity contribution in [1.82, 2.24) is 25.1 Å². The van der Waals surface area contributed by atoms with E-state index in [0.29, 0.717) is 42.8 Å². The van der Waals surface area contributed by atoms with E-state index < -0.39 is 5.82 Å². The fraction of sp³-hybridized carbons (Fsp3) is 0.600. The highest BCUT2D eigenvalue weighted by atomic mass is 19.1. The molecule has 1 saturated carbocycles. The summed E-state index contributed by atoms with van der Waals surface area (Å²) < 4.78 is 14.4. The number of hydrogen-bond acceptors (Lipinski definition) is 7. The van der Waals surface area contributed by atoms with Crippen LogP contribution in [0.3, 0.4) is 0 Å². The fourth-order valence-electron chi connectivity index (χ4n) is 7.31. The summed E-state index contributed by atoms with van der Waals surface area (Å²) in [4.78, 5) is 44.0. The number of fused-ring (bicyclic) bond motifs is 3. The second kappa shape index (κ2) is 11.0. The number of piperidine rings is 2. The maximum absolute atomic E-state index is 14.4. The van der Waals surface area contributed by atoms with Gasteiger partial charge in [-0.3, -0.25) is 9.59 Å². The van der Waals surface area contributed by atoms with E-state index in [2.05, 4.69) is 25.1 Å². The number of carbonyl (C=O) groups is 2. The van der Waals surface area contributed by atoms with Gasteiger partial charge in [0.15, 0.2) is 5.82 Å². The molecule has 9 nitrogen and oxygen atoms in total. The molecule has 4 heterocycles. The van der Waals surface area contributed by atoms with Crippen LogP contribution in [0.2, 0.25) is 0 Å². The van der Waals surface area contributed by atoms with Crippen LogP contribution in [0.1, 0.15) is 63.2 Å². The first-order chi connectivity index (χ1) is 19.4. The lowest BCUT2D eigenvalue weighted by atomic mass is 9.96. The second-order valence-electron chi connectivity index (χ2n) is 11.9. The average molecular weight is 550 g/mol. The molecule has 6 rings (SSSR count). The van der Waals surface area contributed by atoms with Crippen LogP contribution in [0.4, 0.5) is 21.6 Å². The van der Waals surface area contributed by atoms with Crippen LogP contribution in [0.25, 0.3) is 0 Å². The molecule has 1 aromatic heterocycles. The SMILES string of the molecule is CCN(C(=O)c1cc(F)ccc1N1CCN(C2CCN(C(=O)C3NC4CCC3C4)CC2)c2ncncc21)C(C)C. The fourth-order valence-corrected chi connectivity index (χ4v) is 7.31. The first-order valence-corrected chi connectivity index (χ1v) is 14.8. The van der Waals surface area contributed by atoms with E-state index in [1.807, 2.05) is 25.7 Å².